The predicted octanol–water partition coefficient (Wildman–Crippen LogP) is 0.861. The maximum atomic E-state index is 12.2. The molecule has 0 unspecified atom stereocenters. The Morgan fingerprint density at radius 2 is 2.09 bits per heavy atom. The molecule has 8 heteroatoms. The van der Waals surface area contributed by atoms with E-state index in [1.807, 2.05) is 0 Å². The fraction of sp³-hybridized carbons (Fsp3) is 0.733. The van der Waals surface area contributed by atoms with Crippen LogP contribution >= 0.6 is 0 Å². The molecule has 1 fully saturated rings. The second-order valence-corrected chi connectivity index (χ2v) is 9.42. The van der Waals surface area contributed by atoms with E-state index >= 15 is 0 Å². The molecular weight excluding hydrogens is 316 g/mol. The summed E-state index contributed by atoms with van der Waals surface area (Å²) in [5.41, 5.74) is 1.29. The van der Waals surface area contributed by atoms with Gasteiger partial charge in [-0.3, -0.25) is 4.79 Å². The monoisotopic (exact) mass is 340 g/mol. The van der Waals surface area contributed by atoms with Crippen molar-refractivity contribution >= 4 is 15.9 Å². The topological polar surface area (TPSA) is 95.2 Å². The first-order chi connectivity index (χ1) is 10.7. The number of hydrogen-bond acceptors (Lipinski definition) is 4. The van der Waals surface area contributed by atoms with Crippen molar-refractivity contribution < 1.29 is 13.2 Å². The number of H-pyrrole nitrogens is 1. The Morgan fingerprint density at radius 1 is 1.35 bits per heavy atom. The number of carbonyl (C=O) groups excluding carboxylic acids is 1. The zero-order valence-electron chi connectivity index (χ0n) is 13.8. The molecule has 2 aliphatic heterocycles. The van der Waals surface area contributed by atoms with Crippen LogP contribution in [0.25, 0.3) is 0 Å². The number of nitrogens with one attached hydrogen (secondary N) is 2. The van der Waals surface area contributed by atoms with Crippen LogP contribution in [0.3, 0.4) is 0 Å². The minimum absolute atomic E-state index is 0.0151. The number of fused-ring (bicyclic) bond motifs is 1. The van der Waals surface area contributed by atoms with Gasteiger partial charge in [0.1, 0.15) is 11.5 Å². The number of nitrogens with zero attached hydrogens (tertiary/aromatic N) is 2. The van der Waals surface area contributed by atoms with Gasteiger partial charge in [-0.2, -0.15) is 0 Å². The van der Waals surface area contributed by atoms with Gasteiger partial charge in [-0.1, -0.05) is 13.8 Å². The molecule has 1 amide bonds. The van der Waals surface area contributed by atoms with E-state index in [0.717, 1.165) is 30.8 Å². The maximum absolute atomic E-state index is 12.2. The van der Waals surface area contributed by atoms with Gasteiger partial charge < -0.3 is 10.3 Å². The molecule has 0 bridgehead atoms. The molecule has 1 aromatic rings. The molecule has 0 saturated carbocycles. The first-order valence-electron chi connectivity index (χ1n) is 7.98. The molecular formula is C15H24N4O3S. The lowest BCUT2D eigenvalue weighted by Gasteiger charge is -2.29. The summed E-state index contributed by atoms with van der Waals surface area (Å²) >= 11 is 0. The van der Waals surface area contributed by atoms with E-state index in [1.165, 1.54) is 10.6 Å². The summed E-state index contributed by atoms with van der Waals surface area (Å²) in [6.07, 6.45) is 3.67. The van der Waals surface area contributed by atoms with Crippen molar-refractivity contribution in [3.05, 3.63) is 17.2 Å². The van der Waals surface area contributed by atoms with Gasteiger partial charge >= 0.3 is 0 Å². The predicted molar refractivity (Wildman–Crippen MR) is 86.8 cm³/mol. The Kier molecular flexibility index (Phi) is 4.00. The summed E-state index contributed by atoms with van der Waals surface area (Å²) in [5.74, 6) is 0.598. The third-order valence-electron chi connectivity index (χ3n) is 4.63. The number of sulfonamides is 1. The molecule has 0 aromatic carbocycles. The quantitative estimate of drug-likeness (QED) is 0.835. The lowest BCUT2D eigenvalue weighted by Crippen LogP contribution is -2.38. The molecule has 0 radical (unpaired) electrons. The highest BCUT2D eigenvalue weighted by Crippen LogP contribution is 2.30. The molecule has 3 rings (SSSR count). The second kappa shape index (κ2) is 5.59. The molecule has 7 nitrogen and oxygen atoms in total. The molecule has 2 N–H and O–H groups in total. The average Bonchev–Trinajstić information content (AvgIpc) is 2.83. The highest BCUT2D eigenvalue weighted by Gasteiger charge is 2.33. The summed E-state index contributed by atoms with van der Waals surface area (Å²) < 4.78 is 25.0. The lowest BCUT2D eigenvalue weighted by molar-refractivity contribution is 0.0940. The largest absolute Gasteiger partial charge is 0.350 e. The highest BCUT2D eigenvalue weighted by atomic mass is 32.2. The number of imidazole rings is 1. The average molecular weight is 340 g/mol. The molecule has 2 aliphatic rings. The SMILES string of the molecule is CC1(C)CNC(=O)c2nc([C@H]3CCCN(S(C)(=O)=O)C3)[nH]c2C1. The van der Waals surface area contributed by atoms with Gasteiger partial charge in [-0.25, -0.2) is 17.7 Å². The van der Waals surface area contributed by atoms with Crippen molar-refractivity contribution in [1.29, 1.82) is 0 Å². The van der Waals surface area contributed by atoms with E-state index in [-0.39, 0.29) is 17.2 Å². The van der Waals surface area contributed by atoms with Crippen LogP contribution in [-0.4, -0.2) is 54.5 Å². The van der Waals surface area contributed by atoms with E-state index in [1.54, 1.807) is 0 Å². The van der Waals surface area contributed by atoms with E-state index in [4.69, 9.17) is 0 Å². The number of carbonyl (C=O) groups is 1. The first kappa shape index (κ1) is 16.4. The minimum Gasteiger partial charge on any atom is -0.350 e. The number of aromatic amines is 1. The fourth-order valence-corrected chi connectivity index (χ4v) is 4.26. The van der Waals surface area contributed by atoms with Gasteiger partial charge in [0, 0.05) is 31.2 Å². The van der Waals surface area contributed by atoms with Gasteiger partial charge in [-0.15, -0.1) is 0 Å². The smallest absolute Gasteiger partial charge is 0.271 e. The van der Waals surface area contributed by atoms with Crippen LogP contribution in [0.15, 0.2) is 0 Å². The molecule has 0 aliphatic carbocycles. The minimum atomic E-state index is -3.19. The van der Waals surface area contributed by atoms with Crippen molar-refractivity contribution in [3.63, 3.8) is 0 Å². The van der Waals surface area contributed by atoms with Crippen LogP contribution in [0.5, 0.6) is 0 Å². The normalized spacial score (nSPS) is 25.5. The van der Waals surface area contributed by atoms with E-state index in [0.29, 0.717) is 25.3 Å². The van der Waals surface area contributed by atoms with E-state index < -0.39 is 10.0 Å². The zero-order valence-corrected chi connectivity index (χ0v) is 14.7. The van der Waals surface area contributed by atoms with Crippen molar-refractivity contribution in [3.8, 4) is 0 Å². The van der Waals surface area contributed by atoms with Gasteiger partial charge in [-0.05, 0) is 24.7 Å². The van der Waals surface area contributed by atoms with Crippen LogP contribution in [0.2, 0.25) is 0 Å². The molecule has 1 saturated heterocycles. The van der Waals surface area contributed by atoms with Crippen molar-refractivity contribution in [1.82, 2.24) is 19.6 Å². The molecule has 3 heterocycles. The third kappa shape index (κ3) is 3.42. The molecule has 128 valence electrons. The highest BCUT2D eigenvalue weighted by molar-refractivity contribution is 7.88. The van der Waals surface area contributed by atoms with Gasteiger partial charge in [0.2, 0.25) is 10.0 Å². The Morgan fingerprint density at radius 3 is 2.78 bits per heavy atom. The molecule has 0 spiro atoms. The number of hydrogen-bond donors (Lipinski definition) is 2. The van der Waals surface area contributed by atoms with Crippen LogP contribution in [0, 0.1) is 5.41 Å². The number of piperidine rings is 1. The molecule has 1 atom stereocenters. The number of aromatic nitrogens is 2. The Labute approximate surface area is 136 Å². The van der Waals surface area contributed by atoms with Crippen LogP contribution in [0.1, 0.15) is 54.6 Å². The van der Waals surface area contributed by atoms with Gasteiger partial charge in [0.05, 0.1) is 6.26 Å². The molecule has 23 heavy (non-hydrogen) atoms. The van der Waals surface area contributed by atoms with Crippen LogP contribution in [-0.2, 0) is 16.4 Å². The van der Waals surface area contributed by atoms with Crippen molar-refractivity contribution in [2.75, 3.05) is 25.9 Å². The Hall–Kier alpha value is -1.41. The summed E-state index contributed by atoms with van der Waals surface area (Å²) in [5, 5.41) is 2.91. The maximum Gasteiger partial charge on any atom is 0.271 e. The van der Waals surface area contributed by atoms with Gasteiger partial charge in [0.25, 0.3) is 5.91 Å². The summed E-state index contributed by atoms with van der Waals surface area (Å²) in [7, 11) is -3.19. The van der Waals surface area contributed by atoms with Crippen molar-refractivity contribution in [2.45, 2.75) is 39.0 Å². The summed E-state index contributed by atoms with van der Waals surface area (Å²) in [6, 6.07) is 0. The van der Waals surface area contributed by atoms with Crippen molar-refractivity contribution in [2.24, 2.45) is 5.41 Å². The lowest BCUT2D eigenvalue weighted by atomic mass is 9.88. The number of amides is 1. The number of rotatable bonds is 2. The van der Waals surface area contributed by atoms with Gasteiger partial charge in [0.15, 0.2) is 0 Å². The standard InChI is InChI=1S/C15H24N4O3S/c1-15(2)7-11-12(14(20)16-9-15)18-13(17-11)10-5-4-6-19(8-10)23(3,21)22/h10H,4-9H2,1-3H3,(H,16,20)(H,17,18)/t10-/m0/s1. The van der Waals surface area contributed by atoms with E-state index in [2.05, 4.69) is 29.1 Å². The summed E-state index contributed by atoms with van der Waals surface area (Å²) in [6.45, 7) is 5.82. The second-order valence-electron chi connectivity index (χ2n) is 7.43. The Bertz CT molecular complexity index is 723. The fourth-order valence-electron chi connectivity index (χ4n) is 3.35. The Balaban J connectivity index is 1.88. The first-order valence-corrected chi connectivity index (χ1v) is 9.83. The van der Waals surface area contributed by atoms with Crippen LogP contribution < -0.4 is 5.32 Å². The molecule has 1 aromatic heterocycles. The summed E-state index contributed by atoms with van der Waals surface area (Å²) in [4.78, 5) is 20.0. The van der Waals surface area contributed by atoms with Crippen LogP contribution in [0.4, 0.5) is 0 Å². The van der Waals surface area contributed by atoms with E-state index in [9.17, 15) is 13.2 Å². The zero-order chi connectivity index (χ0) is 16.8. The third-order valence-corrected chi connectivity index (χ3v) is 5.90.